The van der Waals surface area contributed by atoms with E-state index < -0.39 is 0 Å². The summed E-state index contributed by atoms with van der Waals surface area (Å²) in [4.78, 5) is 39.9. The zero-order valence-electron chi connectivity index (χ0n) is 25.9. The van der Waals surface area contributed by atoms with E-state index in [2.05, 4.69) is 43.1 Å². The summed E-state index contributed by atoms with van der Waals surface area (Å²) in [5.74, 6) is 1.25. The lowest BCUT2D eigenvalue weighted by atomic mass is 9.71. The lowest BCUT2D eigenvalue weighted by Crippen LogP contribution is -2.42. The Morgan fingerprint density at radius 1 is 1.09 bits per heavy atom. The molecule has 2 fully saturated rings. The summed E-state index contributed by atoms with van der Waals surface area (Å²) in [5.41, 5.74) is 5.33. The first-order chi connectivity index (χ1) is 20.6. The number of aliphatic hydroxyl groups excluding tert-OH is 1. The van der Waals surface area contributed by atoms with Crippen LogP contribution in [-0.4, -0.2) is 70.4 Å². The normalized spacial score (nSPS) is 21.0. The van der Waals surface area contributed by atoms with Gasteiger partial charge in [0.2, 0.25) is 0 Å². The zero-order valence-corrected chi connectivity index (χ0v) is 26.7. The number of fused-ring (bicyclic) bond motifs is 2. The Bertz CT molecular complexity index is 1470. The van der Waals surface area contributed by atoms with Gasteiger partial charge in [-0.15, -0.1) is 0 Å². The van der Waals surface area contributed by atoms with Crippen molar-refractivity contribution in [3.63, 3.8) is 0 Å². The van der Waals surface area contributed by atoms with Crippen molar-refractivity contribution in [3.05, 3.63) is 57.7 Å². The second-order valence-electron chi connectivity index (χ2n) is 14.2. The van der Waals surface area contributed by atoms with Crippen LogP contribution in [0.2, 0.25) is 0 Å². The molecule has 2 atom stereocenters. The van der Waals surface area contributed by atoms with Gasteiger partial charge in [-0.2, -0.15) is 0 Å². The number of hydrogen-bond donors (Lipinski definition) is 2. The van der Waals surface area contributed by atoms with E-state index in [4.69, 9.17) is 9.97 Å². The van der Waals surface area contributed by atoms with Gasteiger partial charge >= 0.3 is 0 Å². The fourth-order valence-corrected chi connectivity index (χ4v) is 7.78. The minimum atomic E-state index is -0.208. The van der Waals surface area contributed by atoms with Crippen LogP contribution in [-0.2, 0) is 12.8 Å². The highest BCUT2D eigenvalue weighted by Gasteiger charge is 2.30. The fourth-order valence-electron chi connectivity index (χ4n) is 6.89. The SMILES string of the molecule is CC(C)(C)[C@H]1CCc2nc3sc(C(=O)C[C@H](CCN4CCC(O)CC4)c4cccc(C(=O)CC5CNC5)c4)nc3cc2C1. The summed E-state index contributed by atoms with van der Waals surface area (Å²) in [6, 6.07) is 10.1. The molecule has 3 aliphatic rings. The predicted molar refractivity (Wildman–Crippen MR) is 172 cm³/mol. The third-order valence-corrected chi connectivity index (χ3v) is 11.0. The standard InChI is InChI=1S/C35H46N4O3S/c1-35(2,3)27-7-8-29-26(17-27)18-30-33(37-29)43-34(38-30)32(42)19-24(9-12-39-13-10-28(40)11-14-39)23-5-4-6-25(16-23)31(41)15-22-20-36-21-22/h4-6,16,18,22,24,27-28,36,40H,7-15,17,19-21H2,1-3H3/t24-,27-/m0/s1. The van der Waals surface area contributed by atoms with E-state index in [0.717, 1.165) is 92.7 Å². The highest BCUT2D eigenvalue weighted by atomic mass is 32.1. The van der Waals surface area contributed by atoms with Gasteiger partial charge in [0.15, 0.2) is 16.6 Å². The van der Waals surface area contributed by atoms with Gasteiger partial charge in [-0.05, 0) is 105 Å². The summed E-state index contributed by atoms with van der Waals surface area (Å²) < 4.78 is 0. The van der Waals surface area contributed by atoms with E-state index in [1.807, 2.05) is 18.2 Å². The molecule has 0 saturated carbocycles. The average Bonchev–Trinajstić information content (AvgIpc) is 3.39. The molecule has 230 valence electrons. The Balaban J connectivity index is 1.21. The molecule has 2 aromatic heterocycles. The molecule has 0 amide bonds. The minimum absolute atomic E-state index is 0.0156. The Morgan fingerprint density at radius 3 is 2.60 bits per heavy atom. The number of hydrogen-bond acceptors (Lipinski definition) is 8. The van der Waals surface area contributed by atoms with Crippen LogP contribution in [0.3, 0.4) is 0 Å². The maximum absolute atomic E-state index is 13.8. The van der Waals surface area contributed by atoms with Crippen LogP contribution >= 0.6 is 11.3 Å². The van der Waals surface area contributed by atoms with Gasteiger partial charge in [0.05, 0.1) is 6.10 Å². The van der Waals surface area contributed by atoms with Gasteiger partial charge < -0.3 is 15.3 Å². The number of pyridine rings is 1. The van der Waals surface area contributed by atoms with Crippen molar-refractivity contribution in [1.82, 2.24) is 20.2 Å². The lowest BCUT2D eigenvalue weighted by molar-refractivity contribution is 0.0805. The van der Waals surface area contributed by atoms with E-state index in [0.29, 0.717) is 29.7 Å². The van der Waals surface area contributed by atoms with Gasteiger partial charge in [-0.1, -0.05) is 50.3 Å². The molecule has 4 heterocycles. The van der Waals surface area contributed by atoms with Crippen molar-refractivity contribution in [2.45, 2.75) is 84.2 Å². The molecule has 0 bridgehead atoms. The smallest absolute Gasteiger partial charge is 0.192 e. The average molecular weight is 603 g/mol. The third-order valence-electron chi connectivity index (χ3n) is 10.0. The number of benzene rings is 1. The van der Waals surface area contributed by atoms with Crippen molar-refractivity contribution in [1.29, 1.82) is 0 Å². The molecule has 8 heteroatoms. The van der Waals surface area contributed by atoms with E-state index in [9.17, 15) is 14.7 Å². The fraction of sp³-hybridized carbons (Fsp3) is 0.600. The molecular formula is C35H46N4O3S. The van der Waals surface area contributed by atoms with E-state index in [1.165, 1.54) is 22.6 Å². The van der Waals surface area contributed by atoms with Crippen molar-refractivity contribution < 1.29 is 14.7 Å². The first-order valence-electron chi connectivity index (χ1n) is 16.2. The molecule has 7 nitrogen and oxygen atoms in total. The molecule has 0 spiro atoms. The first-order valence-corrected chi connectivity index (χ1v) is 17.0. The number of thiazole rings is 1. The first kappa shape index (κ1) is 30.5. The number of aromatic nitrogens is 2. The molecule has 0 radical (unpaired) electrons. The molecule has 3 aromatic rings. The number of rotatable bonds is 10. The summed E-state index contributed by atoms with van der Waals surface area (Å²) in [6.45, 7) is 11.4. The Labute approximate surface area is 259 Å². The van der Waals surface area contributed by atoms with E-state index in [-0.39, 0.29) is 29.0 Å². The number of aryl methyl sites for hydroxylation is 1. The molecule has 1 aromatic carbocycles. The molecule has 1 aliphatic carbocycles. The molecule has 0 unspecified atom stereocenters. The zero-order chi connectivity index (χ0) is 30.1. The Hall–Kier alpha value is -2.52. The number of aliphatic hydroxyl groups is 1. The van der Waals surface area contributed by atoms with Crippen LogP contribution in [0, 0.1) is 17.3 Å². The largest absolute Gasteiger partial charge is 0.393 e. The van der Waals surface area contributed by atoms with Crippen LogP contribution in [0.4, 0.5) is 0 Å². The van der Waals surface area contributed by atoms with Gasteiger partial charge in [-0.3, -0.25) is 9.59 Å². The van der Waals surface area contributed by atoms with Crippen LogP contribution in [0.25, 0.3) is 10.3 Å². The second kappa shape index (κ2) is 12.8. The van der Waals surface area contributed by atoms with Crippen molar-refractivity contribution >= 4 is 33.3 Å². The topological polar surface area (TPSA) is 95.4 Å². The van der Waals surface area contributed by atoms with Crippen molar-refractivity contribution in [2.75, 3.05) is 32.7 Å². The molecular weight excluding hydrogens is 556 g/mol. The summed E-state index contributed by atoms with van der Waals surface area (Å²) in [6.07, 6.45) is 6.27. The van der Waals surface area contributed by atoms with Gasteiger partial charge in [0.25, 0.3) is 0 Å². The molecule has 2 aliphatic heterocycles. The highest BCUT2D eigenvalue weighted by Crippen LogP contribution is 2.38. The van der Waals surface area contributed by atoms with E-state index >= 15 is 0 Å². The summed E-state index contributed by atoms with van der Waals surface area (Å²) in [5, 5.41) is 13.7. The minimum Gasteiger partial charge on any atom is -0.393 e. The van der Waals surface area contributed by atoms with E-state index in [1.54, 1.807) is 0 Å². The Kier molecular flexibility index (Phi) is 9.11. The predicted octanol–water partition coefficient (Wildman–Crippen LogP) is 5.84. The number of carbonyl (C=O) groups excluding carboxylic acids is 2. The molecule has 43 heavy (non-hydrogen) atoms. The van der Waals surface area contributed by atoms with Gasteiger partial charge in [0, 0.05) is 37.2 Å². The van der Waals surface area contributed by atoms with Gasteiger partial charge in [0.1, 0.15) is 10.3 Å². The number of Topliss-reactive ketones (excluding diaryl/α,β-unsaturated/α-hetero) is 2. The van der Waals surface area contributed by atoms with Crippen molar-refractivity contribution in [3.8, 4) is 0 Å². The number of nitrogens with zero attached hydrogens (tertiary/aromatic N) is 3. The molecule has 2 N–H and O–H groups in total. The molecule has 2 saturated heterocycles. The third kappa shape index (κ3) is 7.25. The monoisotopic (exact) mass is 602 g/mol. The van der Waals surface area contributed by atoms with Crippen molar-refractivity contribution in [2.24, 2.45) is 17.3 Å². The number of carbonyl (C=O) groups is 2. The summed E-state index contributed by atoms with van der Waals surface area (Å²) >= 11 is 1.42. The second-order valence-corrected chi connectivity index (χ2v) is 15.2. The number of nitrogens with one attached hydrogen (secondary N) is 1. The number of piperidine rings is 1. The molecule has 6 rings (SSSR count). The van der Waals surface area contributed by atoms with Gasteiger partial charge in [-0.25, -0.2) is 9.97 Å². The maximum Gasteiger partial charge on any atom is 0.192 e. The quantitative estimate of drug-likeness (QED) is 0.282. The van der Waals surface area contributed by atoms with Crippen LogP contribution in [0.15, 0.2) is 30.3 Å². The van der Waals surface area contributed by atoms with Crippen LogP contribution < -0.4 is 5.32 Å². The lowest BCUT2D eigenvalue weighted by Gasteiger charge is -2.34. The maximum atomic E-state index is 13.8. The number of likely N-dealkylation sites (tertiary alicyclic amines) is 1. The number of ketones is 2. The van der Waals surface area contributed by atoms with Crippen LogP contribution in [0.1, 0.15) is 102 Å². The van der Waals surface area contributed by atoms with Crippen LogP contribution in [0.5, 0.6) is 0 Å². The Morgan fingerprint density at radius 2 is 1.88 bits per heavy atom. The summed E-state index contributed by atoms with van der Waals surface area (Å²) in [7, 11) is 0. The highest BCUT2D eigenvalue weighted by molar-refractivity contribution is 7.19.